The zero-order valence-electron chi connectivity index (χ0n) is 7.33. The summed E-state index contributed by atoms with van der Waals surface area (Å²) >= 11 is 5.89. The minimum absolute atomic E-state index is 0.122. The van der Waals surface area contributed by atoms with Crippen molar-refractivity contribution < 1.29 is 9.90 Å². The molecule has 0 saturated carbocycles. The number of halogens is 1. The summed E-state index contributed by atoms with van der Waals surface area (Å²) in [6, 6.07) is 4.33. The Morgan fingerprint density at radius 1 is 1.47 bits per heavy atom. The Morgan fingerprint density at radius 3 is 2.80 bits per heavy atom. The van der Waals surface area contributed by atoms with E-state index in [-0.39, 0.29) is 10.6 Å². The largest absolute Gasteiger partial charge is 0.478 e. The Hall–Kier alpha value is -1.95. The number of tetrazole rings is 1. The van der Waals surface area contributed by atoms with Crippen LogP contribution in [-0.4, -0.2) is 31.3 Å². The summed E-state index contributed by atoms with van der Waals surface area (Å²) in [5.74, 6) is -1.03. The van der Waals surface area contributed by atoms with Crippen LogP contribution in [0.4, 0.5) is 0 Å². The summed E-state index contributed by atoms with van der Waals surface area (Å²) in [7, 11) is 0. The third kappa shape index (κ3) is 1.79. The molecule has 76 valence electrons. The van der Waals surface area contributed by atoms with Crippen molar-refractivity contribution in [3.8, 4) is 5.69 Å². The normalized spacial score (nSPS) is 10.2. The molecule has 1 heterocycles. The van der Waals surface area contributed by atoms with Gasteiger partial charge in [0.1, 0.15) is 6.33 Å². The molecule has 0 unspecified atom stereocenters. The van der Waals surface area contributed by atoms with E-state index in [4.69, 9.17) is 16.7 Å². The first-order valence-corrected chi connectivity index (χ1v) is 4.32. The maximum absolute atomic E-state index is 10.6. The van der Waals surface area contributed by atoms with Crippen molar-refractivity contribution in [2.45, 2.75) is 0 Å². The fourth-order valence-corrected chi connectivity index (χ4v) is 1.36. The molecule has 1 aromatic heterocycles. The second kappa shape index (κ2) is 3.66. The Labute approximate surface area is 89.1 Å². The topological polar surface area (TPSA) is 80.9 Å². The van der Waals surface area contributed by atoms with E-state index < -0.39 is 5.97 Å². The Kier molecular flexibility index (Phi) is 2.34. The fourth-order valence-electron chi connectivity index (χ4n) is 1.10. The molecule has 0 aliphatic heterocycles. The number of hydrogen-bond acceptors (Lipinski definition) is 4. The number of rotatable bonds is 2. The van der Waals surface area contributed by atoms with Crippen LogP contribution in [0.15, 0.2) is 24.5 Å². The summed E-state index contributed by atoms with van der Waals surface area (Å²) in [4.78, 5) is 10.6. The van der Waals surface area contributed by atoms with Gasteiger partial charge >= 0.3 is 5.97 Å². The molecule has 0 radical (unpaired) electrons. The van der Waals surface area contributed by atoms with Crippen LogP contribution in [-0.2, 0) is 0 Å². The van der Waals surface area contributed by atoms with E-state index in [2.05, 4.69) is 15.5 Å². The van der Waals surface area contributed by atoms with Crippen molar-refractivity contribution >= 4 is 17.6 Å². The lowest BCUT2D eigenvalue weighted by Crippen LogP contribution is -2.00. The molecule has 2 aromatic rings. The molecule has 0 spiro atoms. The molecule has 0 aliphatic rings. The van der Waals surface area contributed by atoms with E-state index in [1.54, 1.807) is 6.07 Å². The number of carbonyl (C=O) groups is 1. The van der Waals surface area contributed by atoms with Crippen LogP contribution in [0.3, 0.4) is 0 Å². The lowest BCUT2D eigenvalue weighted by molar-refractivity contribution is 0.0697. The van der Waals surface area contributed by atoms with Crippen molar-refractivity contribution in [3.63, 3.8) is 0 Å². The van der Waals surface area contributed by atoms with Gasteiger partial charge in [0, 0.05) is 0 Å². The van der Waals surface area contributed by atoms with Gasteiger partial charge in [-0.05, 0) is 28.6 Å². The van der Waals surface area contributed by atoms with Crippen molar-refractivity contribution in [1.82, 2.24) is 20.2 Å². The zero-order chi connectivity index (χ0) is 10.8. The highest BCUT2D eigenvalue weighted by molar-refractivity contribution is 6.32. The van der Waals surface area contributed by atoms with Crippen LogP contribution >= 0.6 is 11.6 Å². The van der Waals surface area contributed by atoms with E-state index in [9.17, 15) is 4.79 Å². The summed E-state index contributed by atoms with van der Waals surface area (Å²) in [5, 5.41) is 19.6. The number of carboxylic acid groups (broad SMARTS) is 1. The standard InChI is InChI=1S/C8H5ClN4O2/c9-6-3-5(8(14)15)1-2-7(6)13-4-10-11-12-13/h1-4H,(H,14,15). The monoisotopic (exact) mass is 224 g/mol. The lowest BCUT2D eigenvalue weighted by Gasteiger charge is -2.02. The molecule has 0 saturated heterocycles. The Balaban J connectivity index is 2.48. The molecule has 15 heavy (non-hydrogen) atoms. The maximum atomic E-state index is 10.6. The molecule has 0 aliphatic carbocycles. The lowest BCUT2D eigenvalue weighted by atomic mass is 10.2. The highest BCUT2D eigenvalue weighted by atomic mass is 35.5. The highest BCUT2D eigenvalue weighted by Crippen LogP contribution is 2.20. The van der Waals surface area contributed by atoms with E-state index in [0.29, 0.717) is 5.69 Å². The van der Waals surface area contributed by atoms with Crippen LogP contribution in [0.25, 0.3) is 5.69 Å². The number of aromatic nitrogens is 4. The number of hydrogen-bond donors (Lipinski definition) is 1. The fraction of sp³-hybridized carbons (Fsp3) is 0. The van der Waals surface area contributed by atoms with E-state index >= 15 is 0 Å². The number of aromatic carboxylic acids is 1. The first kappa shape index (κ1) is 9.60. The number of nitrogens with zero attached hydrogens (tertiary/aromatic N) is 4. The molecule has 2 rings (SSSR count). The molecule has 0 amide bonds. The molecule has 1 N–H and O–H groups in total. The molecule has 0 atom stereocenters. The van der Waals surface area contributed by atoms with Gasteiger partial charge in [-0.15, -0.1) is 5.10 Å². The minimum atomic E-state index is -1.03. The molecular formula is C8H5ClN4O2. The third-order valence-corrected chi connectivity index (χ3v) is 2.09. The van der Waals surface area contributed by atoms with Crippen LogP contribution < -0.4 is 0 Å². The van der Waals surface area contributed by atoms with Gasteiger partial charge in [0.05, 0.1) is 16.3 Å². The van der Waals surface area contributed by atoms with Gasteiger partial charge in [-0.2, -0.15) is 4.68 Å². The molecule has 0 fully saturated rings. The van der Waals surface area contributed by atoms with Gasteiger partial charge in [0.15, 0.2) is 0 Å². The summed E-state index contributed by atoms with van der Waals surface area (Å²) in [6.07, 6.45) is 1.38. The van der Waals surface area contributed by atoms with Gasteiger partial charge in [0.25, 0.3) is 0 Å². The van der Waals surface area contributed by atoms with Crippen LogP contribution in [0.5, 0.6) is 0 Å². The van der Waals surface area contributed by atoms with Gasteiger partial charge in [-0.1, -0.05) is 11.6 Å². The minimum Gasteiger partial charge on any atom is -0.478 e. The predicted octanol–water partition coefficient (Wildman–Crippen LogP) is 1.01. The van der Waals surface area contributed by atoms with Crippen LogP contribution in [0, 0.1) is 0 Å². The Bertz CT molecular complexity index is 497. The average Bonchev–Trinajstić information content (AvgIpc) is 2.70. The molecule has 1 aromatic carbocycles. The Morgan fingerprint density at radius 2 is 2.27 bits per heavy atom. The van der Waals surface area contributed by atoms with E-state index in [1.165, 1.54) is 23.1 Å². The maximum Gasteiger partial charge on any atom is 0.335 e. The average molecular weight is 225 g/mol. The predicted molar refractivity (Wildman–Crippen MR) is 51.1 cm³/mol. The third-order valence-electron chi connectivity index (χ3n) is 1.79. The SMILES string of the molecule is O=C(O)c1ccc(-n2cnnn2)c(Cl)c1. The molecular weight excluding hydrogens is 220 g/mol. The summed E-state index contributed by atoms with van der Waals surface area (Å²) in [5.41, 5.74) is 0.656. The second-order valence-corrected chi connectivity index (χ2v) is 3.13. The molecule has 0 bridgehead atoms. The van der Waals surface area contributed by atoms with Crippen molar-refractivity contribution in [3.05, 3.63) is 35.1 Å². The highest BCUT2D eigenvalue weighted by Gasteiger charge is 2.08. The van der Waals surface area contributed by atoms with Gasteiger partial charge in [-0.3, -0.25) is 0 Å². The summed E-state index contributed by atoms with van der Waals surface area (Å²) < 4.78 is 1.36. The van der Waals surface area contributed by atoms with Gasteiger partial charge in [-0.25, -0.2) is 4.79 Å². The van der Waals surface area contributed by atoms with Crippen LogP contribution in [0.2, 0.25) is 5.02 Å². The van der Waals surface area contributed by atoms with E-state index in [1.807, 2.05) is 0 Å². The summed E-state index contributed by atoms with van der Waals surface area (Å²) in [6.45, 7) is 0. The van der Waals surface area contributed by atoms with Crippen molar-refractivity contribution in [2.24, 2.45) is 0 Å². The first-order chi connectivity index (χ1) is 7.18. The molecule has 6 nitrogen and oxygen atoms in total. The molecule has 7 heteroatoms. The van der Waals surface area contributed by atoms with Gasteiger partial charge < -0.3 is 5.11 Å². The van der Waals surface area contributed by atoms with Gasteiger partial charge in [0.2, 0.25) is 0 Å². The zero-order valence-corrected chi connectivity index (χ0v) is 8.09. The quantitative estimate of drug-likeness (QED) is 0.824. The van der Waals surface area contributed by atoms with Crippen LogP contribution in [0.1, 0.15) is 10.4 Å². The number of carboxylic acids is 1. The van der Waals surface area contributed by atoms with Crippen molar-refractivity contribution in [2.75, 3.05) is 0 Å². The second-order valence-electron chi connectivity index (χ2n) is 2.73. The smallest absolute Gasteiger partial charge is 0.335 e. The first-order valence-electron chi connectivity index (χ1n) is 3.94. The van der Waals surface area contributed by atoms with E-state index in [0.717, 1.165) is 0 Å². The number of benzene rings is 1. The van der Waals surface area contributed by atoms with Crippen molar-refractivity contribution in [1.29, 1.82) is 0 Å².